The van der Waals surface area contributed by atoms with Gasteiger partial charge in [-0.1, -0.05) is 6.92 Å². The van der Waals surface area contributed by atoms with Crippen LogP contribution in [0.2, 0.25) is 0 Å². The Morgan fingerprint density at radius 3 is 2.89 bits per heavy atom. The van der Waals surface area contributed by atoms with Crippen molar-refractivity contribution in [1.82, 2.24) is 4.98 Å². The molecule has 0 amide bonds. The number of hydrogen-bond donors (Lipinski definition) is 1. The van der Waals surface area contributed by atoms with Gasteiger partial charge in [0, 0.05) is 26.4 Å². The van der Waals surface area contributed by atoms with Crippen LogP contribution < -0.4 is 9.64 Å². The van der Waals surface area contributed by atoms with Gasteiger partial charge in [-0.05, 0) is 37.8 Å². The molecule has 0 aliphatic heterocycles. The van der Waals surface area contributed by atoms with Gasteiger partial charge < -0.3 is 14.7 Å². The van der Waals surface area contributed by atoms with Gasteiger partial charge >= 0.3 is 0 Å². The van der Waals surface area contributed by atoms with Gasteiger partial charge in [0.15, 0.2) is 11.6 Å². The lowest BCUT2D eigenvalue weighted by molar-refractivity contribution is 0.283. The SMILES string of the molecule is CCCOc1cccnc1N(C)CCCCCO. The first kappa shape index (κ1) is 14.8. The van der Waals surface area contributed by atoms with E-state index in [-0.39, 0.29) is 6.61 Å². The normalized spacial score (nSPS) is 10.4. The molecule has 1 heterocycles. The molecule has 102 valence electrons. The Balaban J connectivity index is 2.52. The minimum atomic E-state index is 0.276. The van der Waals surface area contributed by atoms with Crippen LogP contribution in [0.5, 0.6) is 5.75 Å². The Hall–Kier alpha value is -1.29. The molecule has 0 saturated heterocycles. The maximum absolute atomic E-state index is 8.74. The fourth-order valence-corrected chi connectivity index (χ4v) is 1.74. The zero-order valence-corrected chi connectivity index (χ0v) is 11.4. The predicted molar refractivity (Wildman–Crippen MR) is 74.2 cm³/mol. The number of unbranched alkanes of at least 4 members (excludes halogenated alkanes) is 2. The molecule has 0 unspecified atom stereocenters. The Labute approximate surface area is 110 Å². The minimum Gasteiger partial charge on any atom is -0.490 e. The number of aliphatic hydroxyl groups is 1. The number of ether oxygens (including phenoxy) is 1. The third kappa shape index (κ3) is 4.92. The Kier molecular flexibility index (Phi) is 7.18. The molecule has 0 bridgehead atoms. The lowest BCUT2D eigenvalue weighted by atomic mass is 10.2. The second-order valence-electron chi connectivity index (χ2n) is 4.38. The van der Waals surface area contributed by atoms with Gasteiger partial charge in [-0.2, -0.15) is 0 Å². The molecule has 18 heavy (non-hydrogen) atoms. The maximum atomic E-state index is 8.74. The summed E-state index contributed by atoms with van der Waals surface area (Å²) in [4.78, 5) is 6.50. The van der Waals surface area contributed by atoms with E-state index < -0.39 is 0 Å². The van der Waals surface area contributed by atoms with Crippen molar-refractivity contribution in [3.8, 4) is 5.75 Å². The molecule has 1 rings (SSSR count). The highest BCUT2D eigenvalue weighted by molar-refractivity contribution is 5.51. The van der Waals surface area contributed by atoms with Crippen LogP contribution >= 0.6 is 0 Å². The van der Waals surface area contributed by atoms with Crippen molar-refractivity contribution in [3.63, 3.8) is 0 Å². The van der Waals surface area contributed by atoms with E-state index in [0.717, 1.165) is 50.4 Å². The Bertz CT molecular complexity index is 331. The summed E-state index contributed by atoms with van der Waals surface area (Å²) in [5.41, 5.74) is 0. The lowest BCUT2D eigenvalue weighted by Gasteiger charge is -2.20. The van der Waals surface area contributed by atoms with Gasteiger partial charge in [0.05, 0.1) is 6.61 Å². The first-order chi connectivity index (χ1) is 8.79. The number of anilines is 1. The third-order valence-corrected chi connectivity index (χ3v) is 2.73. The lowest BCUT2D eigenvalue weighted by Crippen LogP contribution is -2.20. The molecule has 0 atom stereocenters. The van der Waals surface area contributed by atoms with E-state index in [9.17, 15) is 0 Å². The van der Waals surface area contributed by atoms with Crippen molar-refractivity contribution >= 4 is 5.82 Å². The van der Waals surface area contributed by atoms with Gasteiger partial charge in [-0.3, -0.25) is 0 Å². The maximum Gasteiger partial charge on any atom is 0.171 e. The Morgan fingerprint density at radius 2 is 2.17 bits per heavy atom. The molecule has 0 saturated carbocycles. The van der Waals surface area contributed by atoms with Crippen LogP contribution in [0.4, 0.5) is 5.82 Å². The molecule has 4 nitrogen and oxygen atoms in total. The van der Waals surface area contributed by atoms with Crippen LogP contribution in [0, 0.1) is 0 Å². The molecular weight excluding hydrogens is 228 g/mol. The smallest absolute Gasteiger partial charge is 0.171 e. The molecule has 0 spiro atoms. The molecule has 0 aliphatic rings. The van der Waals surface area contributed by atoms with Crippen LogP contribution in [-0.4, -0.2) is 36.9 Å². The van der Waals surface area contributed by atoms with Crippen LogP contribution in [0.1, 0.15) is 32.6 Å². The highest BCUT2D eigenvalue weighted by Gasteiger charge is 2.09. The first-order valence-corrected chi connectivity index (χ1v) is 6.69. The summed E-state index contributed by atoms with van der Waals surface area (Å²) in [5, 5.41) is 8.74. The molecule has 0 fully saturated rings. The van der Waals surface area contributed by atoms with Crippen LogP contribution in [0.3, 0.4) is 0 Å². The molecule has 0 aliphatic carbocycles. The standard InChI is InChI=1S/C14H24N2O2/c1-3-12-18-13-8-7-9-15-14(13)16(2)10-5-4-6-11-17/h7-9,17H,3-6,10-12H2,1-2H3. The first-order valence-electron chi connectivity index (χ1n) is 6.69. The fraction of sp³-hybridized carbons (Fsp3) is 0.643. The van der Waals surface area contributed by atoms with Gasteiger partial charge in [-0.15, -0.1) is 0 Å². The largest absolute Gasteiger partial charge is 0.490 e. The second-order valence-corrected chi connectivity index (χ2v) is 4.38. The van der Waals surface area contributed by atoms with Gasteiger partial charge in [0.25, 0.3) is 0 Å². The predicted octanol–water partition coefficient (Wildman–Crippen LogP) is 2.47. The van der Waals surface area contributed by atoms with Crippen LogP contribution in [0.15, 0.2) is 18.3 Å². The number of pyridine rings is 1. The monoisotopic (exact) mass is 252 g/mol. The molecule has 1 N–H and O–H groups in total. The van der Waals surface area contributed by atoms with Crippen molar-refractivity contribution in [2.24, 2.45) is 0 Å². The number of aliphatic hydroxyl groups excluding tert-OH is 1. The van der Waals surface area contributed by atoms with E-state index >= 15 is 0 Å². The summed E-state index contributed by atoms with van der Waals surface area (Å²) < 4.78 is 5.69. The topological polar surface area (TPSA) is 45.6 Å². The van der Waals surface area contributed by atoms with Crippen LogP contribution in [0.25, 0.3) is 0 Å². The summed E-state index contributed by atoms with van der Waals surface area (Å²) in [7, 11) is 2.03. The van der Waals surface area contributed by atoms with E-state index in [1.54, 1.807) is 6.20 Å². The van der Waals surface area contributed by atoms with Crippen molar-refractivity contribution in [2.45, 2.75) is 32.6 Å². The van der Waals surface area contributed by atoms with Crippen molar-refractivity contribution in [2.75, 3.05) is 31.7 Å². The average Bonchev–Trinajstić information content (AvgIpc) is 2.41. The summed E-state index contributed by atoms with van der Waals surface area (Å²) in [5.74, 6) is 1.75. The van der Waals surface area contributed by atoms with Gasteiger partial charge in [0.1, 0.15) is 0 Å². The summed E-state index contributed by atoms with van der Waals surface area (Å²) >= 11 is 0. The summed E-state index contributed by atoms with van der Waals surface area (Å²) in [6.07, 6.45) is 5.75. The molecule has 0 radical (unpaired) electrons. The zero-order valence-electron chi connectivity index (χ0n) is 11.4. The quantitative estimate of drug-likeness (QED) is 0.686. The van der Waals surface area contributed by atoms with Crippen molar-refractivity contribution in [1.29, 1.82) is 0 Å². The number of rotatable bonds is 9. The van der Waals surface area contributed by atoms with Gasteiger partial charge in [0.2, 0.25) is 0 Å². The molecule has 4 heteroatoms. The average molecular weight is 252 g/mol. The molecule has 1 aromatic heterocycles. The summed E-state index contributed by atoms with van der Waals surface area (Å²) in [6, 6.07) is 3.86. The summed E-state index contributed by atoms with van der Waals surface area (Å²) in [6.45, 7) is 4.02. The number of nitrogens with zero attached hydrogens (tertiary/aromatic N) is 2. The van der Waals surface area contributed by atoms with Gasteiger partial charge in [-0.25, -0.2) is 4.98 Å². The fourth-order valence-electron chi connectivity index (χ4n) is 1.74. The van der Waals surface area contributed by atoms with E-state index in [1.807, 2.05) is 19.2 Å². The third-order valence-electron chi connectivity index (χ3n) is 2.73. The van der Waals surface area contributed by atoms with E-state index in [2.05, 4.69) is 16.8 Å². The van der Waals surface area contributed by atoms with Crippen molar-refractivity contribution < 1.29 is 9.84 Å². The molecule has 0 aromatic carbocycles. The zero-order chi connectivity index (χ0) is 13.2. The number of aromatic nitrogens is 1. The molecular formula is C14H24N2O2. The highest BCUT2D eigenvalue weighted by Crippen LogP contribution is 2.24. The van der Waals surface area contributed by atoms with E-state index in [0.29, 0.717) is 0 Å². The Morgan fingerprint density at radius 1 is 1.33 bits per heavy atom. The molecule has 1 aromatic rings. The minimum absolute atomic E-state index is 0.276. The van der Waals surface area contributed by atoms with Crippen LogP contribution in [-0.2, 0) is 0 Å². The van der Waals surface area contributed by atoms with E-state index in [1.165, 1.54) is 0 Å². The highest BCUT2D eigenvalue weighted by atomic mass is 16.5. The van der Waals surface area contributed by atoms with E-state index in [4.69, 9.17) is 9.84 Å². The van der Waals surface area contributed by atoms with Crippen molar-refractivity contribution in [3.05, 3.63) is 18.3 Å². The number of hydrogen-bond acceptors (Lipinski definition) is 4. The second kappa shape index (κ2) is 8.75.